The molecule has 1 saturated carbocycles. The van der Waals surface area contributed by atoms with Gasteiger partial charge in [0.2, 0.25) is 0 Å². The lowest BCUT2D eigenvalue weighted by Crippen LogP contribution is -2.42. The van der Waals surface area contributed by atoms with Crippen LogP contribution in [0.5, 0.6) is 0 Å². The van der Waals surface area contributed by atoms with Crippen LogP contribution in [0.4, 0.5) is 0 Å². The quantitative estimate of drug-likeness (QED) is 0.589. The first-order valence-corrected chi connectivity index (χ1v) is 8.75. The zero-order chi connectivity index (χ0) is 14.6. The van der Waals surface area contributed by atoms with E-state index in [9.17, 15) is 0 Å². The van der Waals surface area contributed by atoms with E-state index in [0.29, 0.717) is 6.04 Å². The van der Waals surface area contributed by atoms with E-state index in [1.165, 1.54) is 51.5 Å². The molecule has 0 heterocycles. The van der Waals surface area contributed by atoms with Crippen molar-refractivity contribution in [3.63, 3.8) is 0 Å². The Labute approximate surface area is 126 Å². The van der Waals surface area contributed by atoms with Crippen molar-refractivity contribution >= 4 is 0 Å². The fraction of sp³-hybridized carbons (Fsp3) is 1.00. The molecule has 1 N–H and O–H groups in total. The largest absolute Gasteiger partial charge is 0.383 e. The van der Waals surface area contributed by atoms with E-state index in [1.807, 2.05) is 0 Å². The molecule has 1 rings (SSSR count). The number of methoxy groups -OCH3 is 1. The summed E-state index contributed by atoms with van der Waals surface area (Å²) in [4.78, 5) is 2.59. The second-order valence-corrected chi connectivity index (χ2v) is 6.21. The van der Waals surface area contributed by atoms with Crippen molar-refractivity contribution < 1.29 is 4.74 Å². The molecule has 0 aromatic heterocycles. The standard InChI is InChI=1S/C17H36N2O/c1-4-17(5-2)19(13-14-20-3)12-11-18-15-16-9-7-6-8-10-16/h16-18H,4-15H2,1-3H3. The molecule has 20 heavy (non-hydrogen) atoms. The third-order valence-electron chi connectivity index (χ3n) is 4.78. The highest BCUT2D eigenvalue weighted by atomic mass is 16.5. The Morgan fingerprint density at radius 2 is 1.80 bits per heavy atom. The van der Waals surface area contributed by atoms with E-state index in [1.54, 1.807) is 7.11 Å². The fourth-order valence-electron chi connectivity index (χ4n) is 3.41. The molecule has 120 valence electrons. The van der Waals surface area contributed by atoms with Gasteiger partial charge in [-0.05, 0) is 38.1 Å². The Hall–Kier alpha value is -0.120. The molecule has 0 spiro atoms. The molecule has 0 bridgehead atoms. The normalized spacial score (nSPS) is 17.2. The van der Waals surface area contributed by atoms with Crippen LogP contribution in [0.15, 0.2) is 0 Å². The lowest BCUT2D eigenvalue weighted by atomic mass is 9.89. The number of hydrogen-bond acceptors (Lipinski definition) is 3. The highest BCUT2D eigenvalue weighted by molar-refractivity contribution is 4.72. The van der Waals surface area contributed by atoms with Crippen LogP contribution in [0.3, 0.4) is 0 Å². The number of ether oxygens (including phenoxy) is 1. The first-order valence-electron chi connectivity index (χ1n) is 8.75. The minimum absolute atomic E-state index is 0.710. The summed E-state index contributed by atoms with van der Waals surface area (Å²) in [7, 11) is 1.80. The van der Waals surface area contributed by atoms with E-state index in [2.05, 4.69) is 24.1 Å². The summed E-state index contributed by atoms with van der Waals surface area (Å²) in [5.74, 6) is 0.935. The second-order valence-electron chi connectivity index (χ2n) is 6.21. The molecule has 1 aliphatic carbocycles. The van der Waals surface area contributed by atoms with E-state index in [4.69, 9.17) is 4.74 Å². The average molecular weight is 284 g/mol. The summed E-state index contributed by atoms with van der Waals surface area (Å²) in [5, 5.41) is 3.68. The molecule has 3 heteroatoms. The Morgan fingerprint density at radius 1 is 1.10 bits per heavy atom. The molecule has 3 nitrogen and oxygen atoms in total. The molecule has 0 amide bonds. The van der Waals surface area contributed by atoms with Gasteiger partial charge in [0.1, 0.15) is 0 Å². The van der Waals surface area contributed by atoms with Crippen LogP contribution in [0, 0.1) is 5.92 Å². The van der Waals surface area contributed by atoms with Gasteiger partial charge in [0.15, 0.2) is 0 Å². The summed E-state index contributed by atoms with van der Waals surface area (Å²) >= 11 is 0. The average Bonchev–Trinajstić information content (AvgIpc) is 2.50. The molecule has 0 radical (unpaired) electrons. The van der Waals surface area contributed by atoms with E-state index < -0.39 is 0 Å². The van der Waals surface area contributed by atoms with Gasteiger partial charge in [-0.3, -0.25) is 4.90 Å². The van der Waals surface area contributed by atoms with Gasteiger partial charge in [-0.2, -0.15) is 0 Å². The summed E-state index contributed by atoms with van der Waals surface area (Å²) in [6.45, 7) is 10.0. The summed E-state index contributed by atoms with van der Waals surface area (Å²) in [5.41, 5.74) is 0. The molecule has 0 aromatic carbocycles. The van der Waals surface area contributed by atoms with Gasteiger partial charge in [-0.25, -0.2) is 0 Å². The van der Waals surface area contributed by atoms with Crippen LogP contribution in [0.25, 0.3) is 0 Å². The van der Waals surface area contributed by atoms with E-state index >= 15 is 0 Å². The first-order chi connectivity index (χ1) is 9.81. The Bertz CT molecular complexity index is 213. The maximum absolute atomic E-state index is 5.25. The Kier molecular flexibility index (Phi) is 10.3. The maximum atomic E-state index is 5.25. The summed E-state index contributed by atoms with van der Waals surface area (Å²) in [6.07, 6.45) is 9.70. The Morgan fingerprint density at radius 3 is 2.40 bits per heavy atom. The molecule has 1 fully saturated rings. The zero-order valence-corrected chi connectivity index (χ0v) is 14.0. The van der Waals surface area contributed by atoms with Crippen molar-refractivity contribution in [2.24, 2.45) is 5.92 Å². The second kappa shape index (κ2) is 11.5. The molecule has 0 aromatic rings. The van der Waals surface area contributed by atoms with Gasteiger partial charge in [0.05, 0.1) is 6.61 Å². The summed E-state index contributed by atoms with van der Waals surface area (Å²) < 4.78 is 5.25. The highest BCUT2D eigenvalue weighted by Crippen LogP contribution is 2.22. The van der Waals surface area contributed by atoms with Crippen LogP contribution in [-0.4, -0.2) is 50.8 Å². The van der Waals surface area contributed by atoms with Gasteiger partial charge in [-0.1, -0.05) is 33.1 Å². The topological polar surface area (TPSA) is 24.5 Å². The van der Waals surface area contributed by atoms with Crippen molar-refractivity contribution in [2.75, 3.05) is 39.9 Å². The van der Waals surface area contributed by atoms with Crippen molar-refractivity contribution in [3.05, 3.63) is 0 Å². The molecular formula is C17H36N2O. The van der Waals surface area contributed by atoms with Crippen molar-refractivity contribution in [1.82, 2.24) is 10.2 Å². The summed E-state index contributed by atoms with van der Waals surface area (Å²) in [6, 6.07) is 0.710. The number of rotatable bonds is 11. The highest BCUT2D eigenvalue weighted by Gasteiger charge is 2.15. The molecule has 0 aliphatic heterocycles. The zero-order valence-electron chi connectivity index (χ0n) is 14.0. The third-order valence-corrected chi connectivity index (χ3v) is 4.78. The van der Waals surface area contributed by atoms with E-state index in [0.717, 1.165) is 32.2 Å². The van der Waals surface area contributed by atoms with Crippen LogP contribution in [0.1, 0.15) is 58.8 Å². The van der Waals surface area contributed by atoms with Gasteiger partial charge < -0.3 is 10.1 Å². The lowest BCUT2D eigenvalue weighted by molar-refractivity contribution is 0.115. The smallest absolute Gasteiger partial charge is 0.0589 e. The van der Waals surface area contributed by atoms with Crippen molar-refractivity contribution in [2.45, 2.75) is 64.8 Å². The molecule has 1 aliphatic rings. The lowest BCUT2D eigenvalue weighted by Gasteiger charge is -2.30. The monoisotopic (exact) mass is 284 g/mol. The van der Waals surface area contributed by atoms with Crippen molar-refractivity contribution in [1.29, 1.82) is 0 Å². The number of nitrogens with one attached hydrogen (secondary N) is 1. The van der Waals surface area contributed by atoms with E-state index in [-0.39, 0.29) is 0 Å². The maximum Gasteiger partial charge on any atom is 0.0589 e. The van der Waals surface area contributed by atoms with Gasteiger partial charge >= 0.3 is 0 Å². The minimum Gasteiger partial charge on any atom is -0.383 e. The van der Waals surface area contributed by atoms with Crippen LogP contribution >= 0.6 is 0 Å². The van der Waals surface area contributed by atoms with Crippen LogP contribution < -0.4 is 5.32 Å². The number of nitrogens with zero attached hydrogens (tertiary/aromatic N) is 1. The molecular weight excluding hydrogens is 248 g/mol. The Balaban J connectivity index is 2.19. The van der Waals surface area contributed by atoms with Gasteiger partial charge in [0, 0.05) is 32.8 Å². The fourth-order valence-corrected chi connectivity index (χ4v) is 3.41. The molecule has 0 atom stereocenters. The van der Waals surface area contributed by atoms with Crippen LogP contribution in [0.2, 0.25) is 0 Å². The predicted molar refractivity (Wildman–Crippen MR) is 87.3 cm³/mol. The first kappa shape index (κ1) is 17.9. The number of hydrogen-bond donors (Lipinski definition) is 1. The SMILES string of the molecule is CCC(CC)N(CCNCC1CCCCC1)CCOC. The predicted octanol–water partition coefficient (Wildman–Crippen LogP) is 3.29. The van der Waals surface area contributed by atoms with Crippen molar-refractivity contribution in [3.8, 4) is 0 Å². The van der Waals surface area contributed by atoms with Crippen LogP contribution in [-0.2, 0) is 4.74 Å². The molecule has 0 unspecified atom stereocenters. The molecule has 0 saturated heterocycles. The van der Waals surface area contributed by atoms with Gasteiger partial charge in [0.25, 0.3) is 0 Å². The third kappa shape index (κ3) is 7.05. The minimum atomic E-state index is 0.710. The van der Waals surface area contributed by atoms with Gasteiger partial charge in [-0.15, -0.1) is 0 Å².